The zero-order valence-electron chi connectivity index (χ0n) is 32.6. The van der Waals surface area contributed by atoms with Gasteiger partial charge in [-0.15, -0.1) is 0 Å². The molecule has 296 valence electrons. The Morgan fingerprint density at radius 2 is 0.375 bits per heavy atom. The first-order valence-corrected chi connectivity index (χ1v) is 23.1. The second-order valence-electron chi connectivity index (χ2n) is 15.1. The Morgan fingerprint density at radius 3 is 0.521 bits per heavy atom. The molecule has 0 aromatic carbocycles. The fraction of sp³-hybridized carbons (Fsp3) is 1.00. The third-order valence-electron chi connectivity index (χ3n) is 9.94. The zero-order valence-corrected chi connectivity index (χ0v) is 33.5. The zero-order chi connectivity index (χ0) is 36.4. The summed E-state index contributed by atoms with van der Waals surface area (Å²) >= 11 is 0. The van der Waals surface area contributed by atoms with E-state index in [0.29, 0.717) is 0 Å². The summed E-state index contributed by atoms with van der Waals surface area (Å²) in [7, 11) is -10.7. The van der Waals surface area contributed by atoms with Gasteiger partial charge in [-0.2, -0.15) is 0 Å². The molecule has 0 aliphatic carbocycles. The van der Waals surface area contributed by atoms with Crippen LogP contribution in [-0.4, -0.2) is 30.7 Å². The van der Waals surface area contributed by atoms with Crippen LogP contribution in [-0.2, 0) is 0 Å². The molecule has 8 heteroatoms. The summed E-state index contributed by atoms with van der Waals surface area (Å²) in [5.41, 5.74) is 0. The first kappa shape index (κ1) is 50.1. The molecule has 0 rings (SSSR count). The Balaban J connectivity index is 0. The summed E-state index contributed by atoms with van der Waals surface area (Å²) in [5.74, 6) is 0. The van der Waals surface area contributed by atoms with Gasteiger partial charge in [0.15, 0.2) is 0 Å². The topological polar surface area (TPSA) is 0 Å². The normalized spacial score (nSPS) is 13.6. The van der Waals surface area contributed by atoms with E-state index in [1.54, 1.807) is 0 Å². The minimum absolute atomic E-state index is 1.37. The van der Waals surface area contributed by atoms with Gasteiger partial charge in [-0.3, -0.25) is 0 Å². The molecule has 0 aromatic heterocycles. The van der Waals surface area contributed by atoms with Crippen molar-refractivity contribution in [3.8, 4) is 0 Å². The first-order valence-electron chi connectivity index (χ1n) is 21.1. The van der Waals surface area contributed by atoms with E-state index in [1.165, 1.54) is 236 Å². The molecule has 0 amide bonds. The summed E-state index contributed by atoms with van der Waals surface area (Å²) < 4.78 is 60.7. The quantitative estimate of drug-likeness (QED) is 0.0261. The van der Waals surface area contributed by atoms with E-state index in [2.05, 4.69) is 27.7 Å². The third kappa shape index (κ3) is 48.1. The maximum absolute atomic E-state index is 10.7. The van der Waals surface area contributed by atoms with Crippen LogP contribution in [0.4, 0.5) is 25.2 Å². The van der Waals surface area contributed by atoms with Gasteiger partial charge in [0, 0.05) is 0 Å². The molecule has 0 fully saturated rings. The van der Waals surface area contributed by atoms with Crippen molar-refractivity contribution in [3.63, 3.8) is 0 Å². The van der Waals surface area contributed by atoms with Gasteiger partial charge >= 0.3 is 33.0 Å². The molecule has 48 heavy (non-hydrogen) atoms. The standard InChI is InChI=1S/C40H84N.F6P/c1-5-9-13-17-21-25-29-33-37-41(38-34-30-26-22-18-14-10-6-2,39-35-31-27-23-19-15-11-7-3)40-36-32-28-24-20-16-12-8-4;1-7(2,3,4,5)6/h5-40H2,1-4H3;/q+1;-1. The van der Waals surface area contributed by atoms with Crippen LogP contribution in [0.15, 0.2) is 0 Å². The Kier molecular flexibility index (Phi) is 31.9. The average molecular weight is 724 g/mol. The molecule has 0 aliphatic rings. The molecule has 0 spiro atoms. The second-order valence-corrected chi connectivity index (χ2v) is 17.0. The Bertz CT molecular complexity index is 559. The fourth-order valence-electron chi connectivity index (χ4n) is 7.00. The van der Waals surface area contributed by atoms with Crippen molar-refractivity contribution in [2.45, 2.75) is 233 Å². The number of hydrogen-bond acceptors (Lipinski definition) is 0. The summed E-state index contributed by atoms with van der Waals surface area (Å²) in [6.07, 6.45) is 46.7. The van der Waals surface area contributed by atoms with Gasteiger partial charge in [-0.25, -0.2) is 0 Å². The molecular weight excluding hydrogens is 639 g/mol. The molecule has 0 heterocycles. The van der Waals surface area contributed by atoms with E-state index in [-0.39, 0.29) is 0 Å². The van der Waals surface area contributed by atoms with E-state index in [0.717, 1.165) is 0 Å². The van der Waals surface area contributed by atoms with Gasteiger partial charge in [0.05, 0.1) is 26.2 Å². The Labute approximate surface area is 296 Å². The molecule has 0 aromatic rings. The van der Waals surface area contributed by atoms with Gasteiger partial charge in [0.2, 0.25) is 0 Å². The van der Waals surface area contributed by atoms with Crippen LogP contribution in [0.3, 0.4) is 0 Å². The predicted molar refractivity (Wildman–Crippen MR) is 204 cm³/mol. The SMILES string of the molecule is CCCCCCCCCC[N+](CCCCCCCCCC)(CCCCCCCCCC)CCCCCCCCCC.F[P-](F)(F)(F)(F)F. The monoisotopic (exact) mass is 724 g/mol. The van der Waals surface area contributed by atoms with Gasteiger partial charge in [-0.05, 0) is 51.4 Å². The molecule has 0 unspecified atom stereocenters. The summed E-state index contributed by atoms with van der Waals surface area (Å²) in [4.78, 5) is 0. The molecular formula is C40H84F6NP. The molecule has 0 aliphatic heterocycles. The number of quaternary nitrogens is 1. The van der Waals surface area contributed by atoms with E-state index < -0.39 is 7.81 Å². The maximum atomic E-state index is 9.87. The Morgan fingerprint density at radius 1 is 0.250 bits per heavy atom. The van der Waals surface area contributed by atoms with Gasteiger partial charge in [-0.1, -0.05) is 182 Å². The fourth-order valence-corrected chi connectivity index (χ4v) is 7.00. The second kappa shape index (κ2) is 30.6. The number of hydrogen-bond donors (Lipinski definition) is 0. The van der Waals surface area contributed by atoms with Crippen molar-refractivity contribution < 1.29 is 29.7 Å². The van der Waals surface area contributed by atoms with Crippen LogP contribution in [0, 0.1) is 0 Å². The van der Waals surface area contributed by atoms with E-state index in [4.69, 9.17) is 0 Å². The van der Waals surface area contributed by atoms with E-state index in [1.807, 2.05) is 0 Å². The van der Waals surface area contributed by atoms with Crippen molar-refractivity contribution >= 4 is 7.81 Å². The van der Waals surface area contributed by atoms with Gasteiger partial charge < -0.3 is 4.48 Å². The molecule has 0 N–H and O–H groups in total. The molecule has 0 saturated heterocycles. The number of halogens is 6. The van der Waals surface area contributed by atoms with E-state index >= 15 is 0 Å². The van der Waals surface area contributed by atoms with Crippen molar-refractivity contribution in [1.82, 2.24) is 0 Å². The summed E-state index contributed by atoms with van der Waals surface area (Å²) in [6, 6.07) is 0. The van der Waals surface area contributed by atoms with E-state index in [9.17, 15) is 25.2 Å². The summed E-state index contributed by atoms with van der Waals surface area (Å²) in [6.45, 7) is 15.3. The third-order valence-corrected chi connectivity index (χ3v) is 9.94. The summed E-state index contributed by atoms with van der Waals surface area (Å²) in [5, 5.41) is 0. The van der Waals surface area contributed by atoms with Gasteiger partial charge in [0.1, 0.15) is 0 Å². The van der Waals surface area contributed by atoms with Crippen LogP contribution in [0.5, 0.6) is 0 Å². The van der Waals surface area contributed by atoms with Crippen molar-refractivity contribution in [2.75, 3.05) is 26.2 Å². The number of nitrogens with zero attached hydrogens (tertiary/aromatic N) is 1. The number of unbranched alkanes of at least 4 members (excludes halogenated alkanes) is 28. The first-order chi connectivity index (χ1) is 22.7. The number of rotatable bonds is 36. The molecule has 1 nitrogen and oxygen atoms in total. The van der Waals surface area contributed by atoms with Crippen LogP contribution in [0.1, 0.15) is 233 Å². The minimum atomic E-state index is -10.7. The van der Waals surface area contributed by atoms with Crippen molar-refractivity contribution in [1.29, 1.82) is 0 Å². The van der Waals surface area contributed by atoms with Gasteiger partial charge in [0.25, 0.3) is 0 Å². The van der Waals surface area contributed by atoms with Crippen LogP contribution in [0.2, 0.25) is 0 Å². The van der Waals surface area contributed by atoms with Crippen LogP contribution >= 0.6 is 7.81 Å². The van der Waals surface area contributed by atoms with Crippen molar-refractivity contribution in [2.24, 2.45) is 0 Å². The molecule has 0 saturated carbocycles. The van der Waals surface area contributed by atoms with Crippen LogP contribution in [0.25, 0.3) is 0 Å². The Hall–Kier alpha value is -0.0300. The predicted octanol–water partition coefficient (Wildman–Crippen LogP) is 17.7. The molecule has 0 radical (unpaired) electrons. The molecule has 0 atom stereocenters. The molecule has 0 bridgehead atoms. The van der Waals surface area contributed by atoms with Crippen LogP contribution < -0.4 is 0 Å². The average Bonchev–Trinajstić information content (AvgIpc) is 3.01. The van der Waals surface area contributed by atoms with Crippen molar-refractivity contribution in [3.05, 3.63) is 0 Å².